The third-order valence-corrected chi connectivity index (χ3v) is 7.95. The Bertz CT molecular complexity index is 1430. The molecule has 9 heteroatoms. The van der Waals surface area contributed by atoms with E-state index in [0.717, 1.165) is 72.5 Å². The monoisotopic (exact) mass is 613 g/mol. The molecule has 0 aliphatic carbocycles. The van der Waals surface area contributed by atoms with Gasteiger partial charge in [0, 0.05) is 54.7 Å². The smallest absolute Gasteiger partial charge is 0.271 e. The fraction of sp³-hybridized carbons (Fsp3) is 0.312. The quantitative estimate of drug-likeness (QED) is 0.219. The molecule has 3 aromatic carbocycles. The summed E-state index contributed by atoms with van der Waals surface area (Å²) in [6, 6.07) is 24.5. The van der Waals surface area contributed by atoms with Crippen LogP contribution in [-0.4, -0.2) is 59.6 Å². The summed E-state index contributed by atoms with van der Waals surface area (Å²) in [4.78, 5) is 22.9. The lowest BCUT2D eigenvalue weighted by Crippen LogP contribution is -2.47. The van der Waals surface area contributed by atoms with Gasteiger partial charge in [0.25, 0.3) is 5.91 Å². The molecule has 218 valence electrons. The van der Waals surface area contributed by atoms with Crippen molar-refractivity contribution in [2.45, 2.75) is 27.2 Å². The largest absolute Gasteiger partial charge is 0.369 e. The molecule has 4 aromatic rings. The van der Waals surface area contributed by atoms with Gasteiger partial charge in [-0.3, -0.25) is 14.3 Å². The molecule has 0 unspecified atom stereocenters. The van der Waals surface area contributed by atoms with Crippen LogP contribution in [0.15, 0.2) is 72.8 Å². The maximum atomic E-state index is 13.2. The lowest BCUT2D eigenvalue weighted by molar-refractivity contribution is 0.0946. The van der Waals surface area contributed by atoms with Crippen molar-refractivity contribution in [3.05, 3.63) is 100 Å². The van der Waals surface area contributed by atoms with Crippen LogP contribution in [0.5, 0.6) is 0 Å². The third-order valence-electron chi connectivity index (χ3n) is 7.54. The van der Waals surface area contributed by atoms with Gasteiger partial charge < -0.3 is 10.2 Å². The molecule has 1 N–H and O–H groups in total. The van der Waals surface area contributed by atoms with Crippen LogP contribution in [-0.2, 0) is 0 Å². The fourth-order valence-electron chi connectivity index (χ4n) is 5.25. The van der Waals surface area contributed by atoms with Gasteiger partial charge in [-0.1, -0.05) is 65.7 Å². The molecule has 2 heterocycles. The van der Waals surface area contributed by atoms with Crippen molar-refractivity contribution in [1.29, 1.82) is 0 Å². The minimum absolute atomic E-state index is 0. The zero-order chi connectivity index (χ0) is 27.4. The van der Waals surface area contributed by atoms with Crippen molar-refractivity contribution < 1.29 is 4.79 Å². The van der Waals surface area contributed by atoms with E-state index in [2.05, 4.69) is 63.9 Å². The van der Waals surface area contributed by atoms with Gasteiger partial charge in [-0.25, -0.2) is 4.98 Å². The topological polar surface area (TPSA) is 53.4 Å². The van der Waals surface area contributed by atoms with Gasteiger partial charge in [-0.15, -0.1) is 24.8 Å². The van der Waals surface area contributed by atoms with Crippen LogP contribution in [0.1, 0.15) is 33.7 Å². The highest BCUT2D eigenvalue weighted by Crippen LogP contribution is 2.28. The van der Waals surface area contributed by atoms with E-state index in [1.807, 2.05) is 49.4 Å². The second-order valence-electron chi connectivity index (χ2n) is 10.2. The highest BCUT2D eigenvalue weighted by molar-refractivity contribution is 6.31. The van der Waals surface area contributed by atoms with Crippen LogP contribution in [0.25, 0.3) is 17.1 Å². The average molecular weight is 615 g/mol. The van der Waals surface area contributed by atoms with Crippen LogP contribution in [0.4, 0.5) is 5.69 Å². The lowest BCUT2D eigenvalue weighted by atomic mass is 10.1. The summed E-state index contributed by atoms with van der Waals surface area (Å²) in [7, 11) is 0. The standard InChI is InChI=1S/C32H36ClN5O.2ClH/c1-23-13-15-27(16-14-23)38-25(3)30(35-31(38)26-9-5-4-6-10-26)32(39)34-17-8-18-36-19-21-37(22-20-36)29-12-7-11-28(33)24(29)2;;/h4-7,9-16H,8,17-22H2,1-3H3,(H,34,39);2*1H. The van der Waals surface area contributed by atoms with Gasteiger partial charge in [0.2, 0.25) is 0 Å². The molecule has 0 radical (unpaired) electrons. The van der Waals surface area contributed by atoms with Crippen LogP contribution in [0.2, 0.25) is 5.02 Å². The summed E-state index contributed by atoms with van der Waals surface area (Å²) in [5.41, 5.74) is 6.85. The van der Waals surface area contributed by atoms with Gasteiger partial charge in [-0.05, 0) is 63.6 Å². The Kier molecular flexibility index (Phi) is 11.7. The van der Waals surface area contributed by atoms with Gasteiger partial charge in [-0.2, -0.15) is 0 Å². The molecule has 0 spiro atoms. The number of rotatable bonds is 8. The SMILES string of the molecule is Cc1ccc(-n2c(-c3ccccc3)nc(C(=O)NCCCN3CCN(c4cccc(Cl)c4C)CC3)c2C)cc1.Cl.Cl. The Morgan fingerprint density at radius 1 is 0.878 bits per heavy atom. The summed E-state index contributed by atoms with van der Waals surface area (Å²) in [5.74, 6) is 0.645. The average Bonchev–Trinajstić information content (AvgIpc) is 3.31. The maximum absolute atomic E-state index is 13.2. The molecule has 41 heavy (non-hydrogen) atoms. The number of carbonyl (C=O) groups is 1. The number of nitrogens with zero attached hydrogens (tertiary/aromatic N) is 4. The minimum Gasteiger partial charge on any atom is -0.369 e. The highest BCUT2D eigenvalue weighted by atomic mass is 35.5. The highest BCUT2D eigenvalue weighted by Gasteiger charge is 2.22. The summed E-state index contributed by atoms with van der Waals surface area (Å²) < 4.78 is 2.07. The molecule has 1 amide bonds. The second-order valence-corrected chi connectivity index (χ2v) is 10.6. The predicted molar refractivity (Wildman–Crippen MR) is 175 cm³/mol. The predicted octanol–water partition coefficient (Wildman–Crippen LogP) is 6.90. The summed E-state index contributed by atoms with van der Waals surface area (Å²) in [6.45, 7) is 11.6. The minimum atomic E-state index is -0.128. The third kappa shape index (κ3) is 7.44. The Hall–Kier alpha value is -3.03. The van der Waals surface area contributed by atoms with Crippen molar-refractivity contribution in [2.24, 2.45) is 0 Å². The zero-order valence-corrected chi connectivity index (χ0v) is 26.2. The van der Waals surface area contributed by atoms with Gasteiger partial charge >= 0.3 is 0 Å². The molecule has 1 saturated heterocycles. The maximum Gasteiger partial charge on any atom is 0.271 e. The Balaban J connectivity index is 0.00000231. The molecule has 6 nitrogen and oxygen atoms in total. The van der Waals surface area contributed by atoms with E-state index in [1.165, 1.54) is 11.3 Å². The zero-order valence-electron chi connectivity index (χ0n) is 23.8. The number of aryl methyl sites for hydroxylation is 1. The number of imidazole rings is 1. The van der Waals surface area contributed by atoms with E-state index in [9.17, 15) is 4.79 Å². The summed E-state index contributed by atoms with van der Waals surface area (Å²) >= 11 is 6.33. The van der Waals surface area contributed by atoms with Crippen molar-refractivity contribution >= 4 is 48.0 Å². The Morgan fingerprint density at radius 3 is 2.24 bits per heavy atom. The van der Waals surface area contributed by atoms with Crippen molar-refractivity contribution in [3.63, 3.8) is 0 Å². The second kappa shape index (κ2) is 14.7. The molecule has 1 aliphatic rings. The van der Waals surface area contributed by atoms with Crippen LogP contribution < -0.4 is 10.2 Å². The molecular weight excluding hydrogens is 577 g/mol. The Labute approximate surface area is 260 Å². The molecule has 0 atom stereocenters. The summed E-state index contributed by atoms with van der Waals surface area (Å²) in [5, 5.41) is 3.93. The molecule has 1 fully saturated rings. The molecule has 1 aromatic heterocycles. The molecular formula is C32H38Cl3N5O. The number of hydrogen-bond acceptors (Lipinski definition) is 4. The molecule has 0 saturated carbocycles. The Morgan fingerprint density at radius 2 is 1.56 bits per heavy atom. The fourth-order valence-corrected chi connectivity index (χ4v) is 5.42. The first kappa shape index (κ1) is 32.5. The number of benzene rings is 3. The first-order valence-electron chi connectivity index (χ1n) is 13.6. The number of nitrogens with one attached hydrogen (secondary N) is 1. The number of carbonyl (C=O) groups excluding carboxylic acids is 1. The van der Waals surface area contributed by atoms with E-state index in [0.29, 0.717) is 12.2 Å². The number of piperazine rings is 1. The molecule has 0 bridgehead atoms. The van der Waals surface area contributed by atoms with Gasteiger partial charge in [0.05, 0.1) is 5.69 Å². The van der Waals surface area contributed by atoms with E-state index in [4.69, 9.17) is 16.6 Å². The van der Waals surface area contributed by atoms with E-state index in [-0.39, 0.29) is 30.7 Å². The molecule has 5 rings (SSSR count). The van der Waals surface area contributed by atoms with E-state index in [1.54, 1.807) is 0 Å². The summed E-state index contributed by atoms with van der Waals surface area (Å²) in [6.07, 6.45) is 0.894. The normalized spacial score (nSPS) is 13.3. The van der Waals surface area contributed by atoms with Crippen molar-refractivity contribution in [2.75, 3.05) is 44.2 Å². The van der Waals surface area contributed by atoms with E-state index >= 15 is 0 Å². The lowest BCUT2D eigenvalue weighted by Gasteiger charge is -2.37. The first-order chi connectivity index (χ1) is 18.9. The van der Waals surface area contributed by atoms with Crippen LogP contribution in [0.3, 0.4) is 0 Å². The van der Waals surface area contributed by atoms with E-state index < -0.39 is 0 Å². The van der Waals surface area contributed by atoms with Gasteiger partial charge in [0.1, 0.15) is 11.5 Å². The van der Waals surface area contributed by atoms with Crippen molar-refractivity contribution in [1.82, 2.24) is 19.8 Å². The number of hydrogen-bond donors (Lipinski definition) is 1. The number of halogens is 3. The van der Waals surface area contributed by atoms with Crippen LogP contribution in [0, 0.1) is 20.8 Å². The number of anilines is 1. The van der Waals surface area contributed by atoms with Crippen molar-refractivity contribution in [3.8, 4) is 17.1 Å². The number of aromatic nitrogens is 2. The first-order valence-corrected chi connectivity index (χ1v) is 14.0. The van der Waals surface area contributed by atoms with Gasteiger partial charge in [0.15, 0.2) is 0 Å². The van der Waals surface area contributed by atoms with Crippen LogP contribution >= 0.6 is 36.4 Å². The molecule has 1 aliphatic heterocycles. The number of amides is 1.